The summed E-state index contributed by atoms with van der Waals surface area (Å²) in [6.07, 6.45) is 14.4. The minimum absolute atomic E-state index is 0.00114. The van der Waals surface area contributed by atoms with Crippen molar-refractivity contribution in [3.05, 3.63) is 195 Å². The largest absolute Gasteiger partial charge is 0.438 e. The van der Waals surface area contributed by atoms with Crippen LogP contribution in [-0.2, 0) is 39.7 Å². The molecule has 0 bridgehead atoms. The van der Waals surface area contributed by atoms with Gasteiger partial charge in [-0.25, -0.2) is 15.0 Å². The smallest absolute Gasteiger partial charge is 0.421 e. The number of rotatable bonds is 16. The number of amides is 2. The lowest BCUT2D eigenvalue weighted by atomic mass is 9.85. The number of anilines is 4. The molecule has 100 heavy (non-hydrogen) atoms. The van der Waals surface area contributed by atoms with Crippen molar-refractivity contribution in [2.24, 2.45) is 32.6 Å². The van der Waals surface area contributed by atoms with E-state index in [-0.39, 0.29) is 33.8 Å². The second kappa shape index (κ2) is 30.0. The van der Waals surface area contributed by atoms with E-state index in [4.69, 9.17) is 25.7 Å². The lowest BCUT2D eigenvalue weighted by Crippen LogP contribution is -2.16. The molecule has 6 N–H and O–H groups in total. The molecule has 2 amide bonds. The third-order valence-electron chi connectivity index (χ3n) is 17.4. The molecular formula is C70H68F9N15O6. The number of nitrogens with two attached hydrogens (primary N) is 2. The molecule has 7 heterocycles. The summed E-state index contributed by atoms with van der Waals surface area (Å²) in [7, 11) is 5.41. The fourth-order valence-electron chi connectivity index (χ4n) is 12.5. The molecule has 522 valence electrons. The van der Waals surface area contributed by atoms with Crippen LogP contribution in [0.5, 0.6) is 34.9 Å². The van der Waals surface area contributed by atoms with E-state index in [1.54, 1.807) is 51.0 Å². The first-order valence-corrected chi connectivity index (χ1v) is 32.1. The van der Waals surface area contributed by atoms with Crippen molar-refractivity contribution < 1.29 is 63.3 Å². The van der Waals surface area contributed by atoms with Crippen molar-refractivity contribution in [2.75, 3.05) is 10.6 Å². The van der Waals surface area contributed by atoms with Gasteiger partial charge in [0, 0.05) is 56.4 Å². The third-order valence-corrected chi connectivity index (χ3v) is 17.4. The normalized spacial score (nSPS) is 14.6. The molecule has 30 heteroatoms. The first-order chi connectivity index (χ1) is 47.8. The van der Waals surface area contributed by atoms with E-state index in [2.05, 4.69) is 51.9 Å². The highest BCUT2D eigenvalue weighted by Gasteiger charge is 2.38. The average molecular weight is 1390 g/mol. The van der Waals surface area contributed by atoms with Crippen LogP contribution < -0.4 is 41.9 Å². The van der Waals surface area contributed by atoms with Crippen LogP contribution >= 0.6 is 0 Å². The number of hydrogen-bond acceptors (Lipinski definition) is 15. The van der Waals surface area contributed by atoms with Gasteiger partial charge in [0.1, 0.15) is 57.7 Å². The minimum Gasteiger partial charge on any atom is -0.438 e. The van der Waals surface area contributed by atoms with Gasteiger partial charge in [0.05, 0.1) is 52.0 Å². The van der Waals surface area contributed by atoms with Gasteiger partial charge in [-0.1, -0.05) is 44.6 Å². The van der Waals surface area contributed by atoms with E-state index < -0.39 is 70.2 Å². The predicted molar refractivity (Wildman–Crippen MR) is 353 cm³/mol. The number of benzene rings is 3. The molecule has 21 nitrogen and oxygen atoms in total. The highest BCUT2D eigenvalue weighted by molar-refractivity contribution is 6.00. The van der Waals surface area contributed by atoms with Crippen molar-refractivity contribution in [1.29, 1.82) is 0 Å². The van der Waals surface area contributed by atoms with Gasteiger partial charge in [0.2, 0.25) is 17.6 Å². The van der Waals surface area contributed by atoms with E-state index in [0.717, 1.165) is 124 Å². The van der Waals surface area contributed by atoms with Crippen LogP contribution in [0.3, 0.4) is 0 Å². The highest BCUT2D eigenvalue weighted by atomic mass is 19.4. The second-order valence-corrected chi connectivity index (χ2v) is 24.2. The van der Waals surface area contributed by atoms with E-state index in [0.29, 0.717) is 34.5 Å². The summed E-state index contributed by atoms with van der Waals surface area (Å²) in [6.45, 7) is 0. The maximum atomic E-state index is 13.3. The molecule has 0 aliphatic heterocycles. The number of ether oxygens (including phenoxy) is 3. The van der Waals surface area contributed by atoms with Crippen LogP contribution in [0.1, 0.15) is 156 Å². The molecule has 3 aliphatic carbocycles. The van der Waals surface area contributed by atoms with Crippen LogP contribution in [0.2, 0.25) is 0 Å². The lowest BCUT2D eigenvalue weighted by molar-refractivity contribution is -0.139. The van der Waals surface area contributed by atoms with Gasteiger partial charge in [-0.05, 0) is 160 Å². The highest BCUT2D eigenvalue weighted by Crippen LogP contribution is 2.44. The van der Waals surface area contributed by atoms with E-state index in [1.165, 1.54) is 104 Å². The molecule has 0 radical (unpaired) electrons. The summed E-state index contributed by atoms with van der Waals surface area (Å²) in [5.41, 5.74) is 13.3. The van der Waals surface area contributed by atoms with Crippen LogP contribution in [0.15, 0.2) is 145 Å². The Morgan fingerprint density at radius 3 is 1.46 bits per heavy atom. The zero-order valence-electron chi connectivity index (χ0n) is 54.3. The Morgan fingerprint density at radius 1 is 0.520 bits per heavy atom. The number of fused-ring (bicyclic) bond motifs is 1. The quantitative estimate of drug-likeness (QED) is 0.0655. The Balaban J connectivity index is 0.000000151. The van der Waals surface area contributed by atoms with Crippen LogP contribution in [0.4, 0.5) is 62.5 Å². The Bertz CT molecular complexity index is 4700. The zero-order chi connectivity index (χ0) is 71.0. The molecule has 7 aromatic heterocycles. The molecule has 13 rings (SSSR count). The third kappa shape index (κ3) is 16.2. The Morgan fingerprint density at radius 2 is 0.970 bits per heavy atom. The number of alkyl halides is 9. The van der Waals surface area contributed by atoms with Gasteiger partial charge < -0.3 is 36.3 Å². The maximum absolute atomic E-state index is 13.3. The predicted octanol–water partition coefficient (Wildman–Crippen LogP) is 16.3. The van der Waals surface area contributed by atoms with Gasteiger partial charge >= 0.3 is 18.5 Å². The topological polar surface area (TPSA) is 265 Å². The number of nitrogens with one attached hydrogen (secondary N) is 2. The number of carbonyl (C=O) groups excluding carboxylic acids is 2. The molecule has 2 fully saturated rings. The van der Waals surface area contributed by atoms with Gasteiger partial charge in [-0.15, -0.1) is 0 Å². The number of hydrogen-bond donors (Lipinski definition) is 4. The van der Waals surface area contributed by atoms with Crippen molar-refractivity contribution in [3.8, 4) is 40.7 Å². The summed E-state index contributed by atoms with van der Waals surface area (Å²) in [6, 6.07) is 19.3. The molecular weight excluding hydrogens is 1320 g/mol. The standard InChI is InChI=1S/C24H22F3N5O2.C23H24F3N5O2.C23H22F3N5O2/c1-31-23(18(13-30-31)15-6-3-2-4-7-15)32-14-29-21(33)17-12-16(9-10-20(17)32)34-22-19(24(25,26)27)8-5-11-28-22;2*1-31-21(17(13-29-31)14-6-3-2-4-7-14)30-19-10-9-15(12-16(19)20(27)32)33-22-18(23(24,25)26)8-5-11-28-22/h5,8-15H,2-4,6-7H2,1H3;5,8-14,30H,2-4,6-7H2,1H3,(H2,27,32);5-6,8-13,30H,2-4,7H2,1H3,(H2,27,32). The Labute approximate surface area is 566 Å². The second-order valence-electron chi connectivity index (χ2n) is 24.2. The molecule has 3 aliphatic rings. The first-order valence-electron chi connectivity index (χ1n) is 32.1. The Hall–Kier alpha value is -11.1. The number of aromatic nitrogens is 11. The summed E-state index contributed by atoms with van der Waals surface area (Å²) in [5.74, 6) is -0.231. The number of nitrogens with zero attached hydrogens (tertiary/aromatic N) is 11. The van der Waals surface area contributed by atoms with Crippen molar-refractivity contribution in [1.82, 2.24) is 53.8 Å². The molecule has 3 aromatic carbocycles. The van der Waals surface area contributed by atoms with Gasteiger partial charge in [-0.2, -0.15) is 59.8 Å². The molecule has 0 spiro atoms. The van der Waals surface area contributed by atoms with Crippen molar-refractivity contribution >= 4 is 51.3 Å². The summed E-state index contributed by atoms with van der Waals surface area (Å²) < 4.78 is 143. The number of halogens is 9. The Kier molecular flexibility index (Phi) is 21.0. The minimum atomic E-state index is -4.64. The summed E-state index contributed by atoms with van der Waals surface area (Å²) in [5, 5.41) is 19.8. The van der Waals surface area contributed by atoms with Gasteiger partial charge in [0.15, 0.2) is 0 Å². The maximum Gasteiger partial charge on any atom is 0.421 e. The molecule has 10 aromatic rings. The first kappa shape index (κ1) is 70.3. The number of primary amides is 2. The van der Waals surface area contributed by atoms with E-state index in [1.807, 2.05) is 19.4 Å². The molecule has 0 atom stereocenters. The summed E-state index contributed by atoms with van der Waals surface area (Å²) >= 11 is 0. The van der Waals surface area contributed by atoms with Crippen molar-refractivity contribution in [3.63, 3.8) is 0 Å². The van der Waals surface area contributed by atoms with E-state index in [9.17, 15) is 53.9 Å². The average Bonchev–Trinajstić information content (AvgIpc) is 1.17. The number of allylic oxidation sites excluding steroid dienone is 2. The van der Waals surface area contributed by atoms with Gasteiger partial charge in [0.25, 0.3) is 17.4 Å². The number of carbonyl (C=O) groups is 2. The van der Waals surface area contributed by atoms with Gasteiger partial charge in [-0.3, -0.25) is 33.0 Å². The van der Waals surface area contributed by atoms with Crippen LogP contribution in [0.25, 0.3) is 22.3 Å². The summed E-state index contributed by atoms with van der Waals surface area (Å²) in [4.78, 5) is 52.0. The molecule has 0 saturated heterocycles. The van der Waals surface area contributed by atoms with E-state index >= 15 is 0 Å². The van der Waals surface area contributed by atoms with Crippen LogP contribution in [-0.4, -0.2) is 65.7 Å². The molecule has 0 unspecified atom stereocenters. The SMILES string of the molecule is Cn1ncc(C2=CCCCC2)c1Nc1ccc(Oc2ncccc2C(F)(F)F)cc1C(N)=O.Cn1ncc(C2CCCCC2)c1-n1cnc(=O)c2cc(Oc3ncccc3C(F)(F)F)ccc21.Cn1ncc(C2CCCCC2)c1Nc1ccc(Oc2ncccc2C(F)(F)F)cc1C(N)=O. The lowest BCUT2D eigenvalue weighted by Gasteiger charge is -2.23. The van der Waals surface area contributed by atoms with Crippen LogP contribution in [0, 0.1) is 0 Å². The zero-order valence-corrected chi connectivity index (χ0v) is 54.3. The fourth-order valence-corrected chi connectivity index (χ4v) is 12.5. The van der Waals surface area contributed by atoms with Crippen molar-refractivity contribution in [2.45, 2.75) is 120 Å². The fraction of sp³-hybridized carbons (Fsp3) is 0.314. The number of pyridine rings is 3. The monoisotopic (exact) mass is 1390 g/mol. The molecule has 2 saturated carbocycles. The number of aryl methyl sites for hydroxylation is 3.